The second-order valence-corrected chi connectivity index (χ2v) is 3.23. The third-order valence-electron chi connectivity index (χ3n) is 1.81. The molecule has 2 heteroatoms. The number of nitrogens with two attached hydrogens (primary N) is 1. The molecule has 0 bridgehead atoms. The zero-order chi connectivity index (χ0) is 9.14. The molecule has 0 aromatic heterocycles. The van der Waals surface area contributed by atoms with Gasteiger partial charge in [-0.05, 0) is 31.4 Å². The van der Waals surface area contributed by atoms with Crippen LogP contribution >= 0.6 is 0 Å². The van der Waals surface area contributed by atoms with E-state index in [9.17, 15) is 4.39 Å². The first-order valence-corrected chi connectivity index (χ1v) is 4.11. The van der Waals surface area contributed by atoms with Gasteiger partial charge in [-0.3, -0.25) is 0 Å². The molecule has 1 aromatic carbocycles. The molecule has 1 rings (SSSR count). The molecule has 0 aliphatic carbocycles. The third kappa shape index (κ3) is 2.05. The van der Waals surface area contributed by atoms with Crippen molar-refractivity contribution in [3.8, 4) is 0 Å². The van der Waals surface area contributed by atoms with Gasteiger partial charge < -0.3 is 5.73 Å². The van der Waals surface area contributed by atoms with Gasteiger partial charge in [0.1, 0.15) is 5.82 Å². The fourth-order valence-corrected chi connectivity index (χ4v) is 1.21. The van der Waals surface area contributed by atoms with Crippen molar-refractivity contribution in [3.05, 3.63) is 35.1 Å². The molecular weight excluding hydrogens is 153 g/mol. The summed E-state index contributed by atoms with van der Waals surface area (Å²) in [6.07, 6.45) is 0.605. The van der Waals surface area contributed by atoms with Gasteiger partial charge in [0.15, 0.2) is 0 Å². The number of benzene rings is 1. The van der Waals surface area contributed by atoms with Crippen LogP contribution in [0, 0.1) is 12.7 Å². The molecule has 0 saturated heterocycles. The average molecular weight is 167 g/mol. The van der Waals surface area contributed by atoms with Gasteiger partial charge in [0, 0.05) is 6.04 Å². The van der Waals surface area contributed by atoms with Crippen LogP contribution in [0.15, 0.2) is 18.2 Å². The second-order valence-electron chi connectivity index (χ2n) is 3.23. The summed E-state index contributed by atoms with van der Waals surface area (Å²) in [4.78, 5) is 0. The van der Waals surface area contributed by atoms with Crippen LogP contribution in [0.1, 0.15) is 18.1 Å². The summed E-state index contributed by atoms with van der Waals surface area (Å²) in [6.45, 7) is 3.64. The maximum Gasteiger partial charge on any atom is 0.129 e. The number of rotatable bonds is 2. The van der Waals surface area contributed by atoms with E-state index in [0.717, 1.165) is 0 Å². The molecule has 0 radical (unpaired) electrons. The first-order chi connectivity index (χ1) is 5.61. The molecule has 2 N–H and O–H groups in total. The molecule has 12 heavy (non-hydrogen) atoms. The Morgan fingerprint density at radius 2 is 2.17 bits per heavy atom. The van der Waals surface area contributed by atoms with Gasteiger partial charge in [0.25, 0.3) is 0 Å². The Bertz CT molecular complexity index is 269. The minimum atomic E-state index is -0.116. The zero-order valence-corrected chi connectivity index (χ0v) is 7.47. The third-order valence-corrected chi connectivity index (χ3v) is 1.81. The van der Waals surface area contributed by atoms with Crippen molar-refractivity contribution in [2.45, 2.75) is 26.3 Å². The van der Waals surface area contributed by atoms with Crippen molar-refractivity contribution < 1.29 is 4.39 Å². The van der Waals surface area contributed by atoms with Gasteiger partial charge >= 0.3 is 0 Å². The lowest BCUT2D eigenvalue weighted by Crippen LogP contribution is -2.18. The first-order valence-electron chi connectivity index (χ1n) is 4.11. The quantitative estimate of drug-likeness (QED) is 0.716. The highest BCUT2D eigenvalue weighted by molar-refractivity contribution is 5.25. The standard InChI is InChI=1S/C10H14FN/c1-7-4-3-5-9(10(7)11)6-8(2)12/h3-5,8H,6,12H2,1-2H3/t8-/m0/s1. The summed E-state index contributed by atoms with van der Waals surface area (Å²) in [7, 11) is 0. The van der Waals surface area contributed by atoms with Crippen LogP contribution in [0.25, 0.3) is 0 Å². The van der Waals surface area contributed by atoms with Gasteiger partial charge in [-0.1, -0.05) is 18.2 Å². The SMILES string of the molecule is Cc1cccc(C[C@H](C)N)c1F. The Morgan fingerprint density at radius 3 is 2.75 bits per heavy atom. The van der Waals surface area contributed by atoms with E-state index in [0.29, 0.717) is 17.5 Å². The lowest BCUT2D eigenvalue weighted by atomic mass is 10.0. The van der Waals surface area contributed by atoms with E-state index in [2.05, 4.69) is 0 Å². The molecule has 0 aliphatic heterocycles. The molecular formula is C10H14FN. The molecule has 1 aromatic rings. The highest BCUT2D eigenvalue weighted by atomic mass is 19.1. The molecule has 1 nitrogen and oxygen atoms in total. The molecule has 0 aliphatic rings. The predicted molar refractivity (Wildman–Crippen MR) is 48.5 cm³/mol. The van der Waals surface area contributed by atoms with E-state index in [1.807, 2.05) is 13.0 Å². The lowest BCUT2D eigenvalue weighted by Gasteiger charge is -2.07. The predicted octanol–water partition coefficient (Wildman–Crippen LogP) is 2.02. The Hall–Kier alpha value is -0.890. The van der Waals surface area contributed by atoms with E-state index in [-0.39, 0.29) is 11.9 Å². The van der Waals surface area contributed by atoms with Gasteiger partial charge in [-0.2, -0.15) is 0 Å². The van der Waals surface area contributed by atoms with Crippen LogP contribution in [-0.4, -0.2) is 6.04 Å². The Kier molecular flexibility index (Phi) is 2.82. The van der Waals surface area contributed by atoms with E-state index in [1.165, 1.54) is 0 Å². The topological polar surface area (TPSA) is 26.0 Å². The summed E-state index contributed by atoms with van der Waals surface area (Å²) in [5.74, 6) is -0.116. The summed E-state index contributed by atoms with van der Waals surface area (Å²) >= 11 is 0. The molecule has 66 valence electrons. The summed E-state index contributed by atoms with van der Waals surface area (Å²) in [6, 6.07) is 5.42. The van der Waals surface area contributed by atoms with Gasteiger partial charge in [-0.25, -0.2) is 4.39 Å². The highest BCUT2D eigenvalue weighted by Crippen LogP contribution is 2.12. The molecule has 0 saturated carbocycles. The minimum absolute atomic E-state index is 0.0151. The van der Waals surface area contributed by atoms with E-state index >= 15 is 0 Å². The van der Waals surface area contributed by atoms with Crippen LogP contribution in [-0.2, 0) is 6.42 Å². The fraction of sp³-hybridized carbons (Fsp3) is 0.400. The van der Waals surface area contributed by atoms with Crippen molar-refractivity contribution in [1.29, 1.82) is 0 Å². The molecule has 0 spiro atoms. The minimum Gasteiger partial charge on any atom is -0.328 e. The van der Waals surface area contributed by atoms with Crippen molar-refractivity contribution >= 4 is 0 Å². The lowest BCUT2D eigenvalue weighted by molar-refractivity contribution is 0.588. The number of hydrogen-bond donors (Lipinski definition) is 1. The maximum absolute atomic E-state index is 13.3. The van der Waals surface area contributed by atoms with E-state index < -0.39 is 0 Å². The number of hydrogen-bond acceptors (Lipinski definition) is 1. The largest absolute Gasteiger partial charge is 0.328 e. The van der Waals surface area contributed by atoms with Crippen molar-refractivity contribution in [2.24, 2.45) is 5.73 Å². The monoisotopic (exact) mass is 167 g/mol. The van der Waals surface area contributed by atoms with Crippen molar-refractivity contribution in [2.75, 3.05) is 0 Å². The molecule has 0 heterocycles. The van der Waals surface area contributed by atoms with Crippen LogP contribution in [0.4, 0.5) is 4.39 Å². The molecule has 0 unspecified atom stereocenters. The van der Waals surface area contributed by atoms with Crippen LogP contribution in [0.3, 0.4) is 0 Å². The van der Waals surface area contributed by atoms with E-state index in [4.69, 9.17) is 5.73 Å². The summed E-state index contributed by atoms with van der Waals surface area (Å²) < 4.78 is 13.3. The Balaban J connectivity index is 2.92. The summed E-state index contributed by atoms with van der Waals surface area (Å²) in [5.41, 5.74) is 6.98. The van der Waals surface area contributed by atoms with Crippen molar-refractivity contribution in [3.63, 3.8) is 0 Å². The maximum atomic E-state index is 13.3. The Labute approximate surface area is 72.4 Å². The highest BCUT2D eigenvalue weighted by Gasteiger charge is 2.05. The molecule has 1 atom stereocenters. The van der Waals surface area contributed by atoms with E-state index in [1.54, 1.807) is 19.1 Å². The number of halogens is 1. The fourth-order valence-electron chi connectivity index (χ4n) is 1.21. The van der Waals surface area contributed by atoms with Crippen LogP contribution < -0.4 is 5.73 Å². The second kappa shape index (κ2) is 3.68. The smallest absolute Gasteiger partial charge is 0.129 e. The zero-order valence-electron chi connectivity index (χ0n) is 7.47. The molecule has 0 fully saturated rings. The van der Waals surface area contributed by atoms with Crippen LogP contribution in [0.5, 0.6) is 0 Å². The average Bonchev–Trinajstić information content (AvgIpc) is 1.98. The van der Waals surface area contributed by atoms with Crippen molar-refractivity contribution in [1.82, 2.24) is 0 Å². The molecule has 0 amide bonds. The van der Waals surface area contributed by atoms with Gasteiger partial charge in [-0.15, -0.1) is 0 Å². The first kappa shape index (κ1) is 9.20. The van der Waals surface area contributed by atoms with Gasteiger partial charge in [0.2, 0.25) is 0 Å². The number of aryl methyl sites for hydroxylation is 1. The van der Waals surface area contributed by atoms with Gasteiger partial charge in [0.05, 0.1) is 0 Å². The normalized spacial score (nSPS) is 13.0. The van der Waals surface area contributed by atoms with Crippen LogP contribution in [0.2, 0.25) is 0 Å². The Morgan fingerprint density at radius 1 is 1.50 bits per heavy atom. The summed E-state index contributed by atoms with van der Waals surface area (Å²) in [5, 5.41) is 0.